The maximum atomic E-state index is 12.8. The van der Waals surface area contributed by atoms with Gasteiger partial charge < -0.3 is 4.74 Å². The number of hydrogen-bond acceptors (Lipinski definition) is 4. The third-order valence-corrected chi connectivity index (χ3v) is 8.19. The summed E-state index contributed by atoms with van der Waals surface area (Å²) in [7, 11) is -3.53. The number of ether oxygens (including phenoxy) is 1. The highest BCUT2D eigenvalue weighted by Gasteiger charge is 2.64. The highest BCUT2D eigenvalue weighted by Crippen LogP contribution is 2.59. The lowest BCUT2D eigenvalue weighted by Crippen LogP contribution is -2.53. The van der Waals surface area contributed by atoms with Gasteiger partial charge >= 0.3 is 0 Å². The van der Waals surface area contributed by atoms with E-state index in [4.69, 9.17) is 4.74 Å². The number of rotatable bonds is 2. The second kappa shape index (κ2) is 4.52. The number of morpholine rings is 1. The van der Waals surface area contributed by atoms with E-state index >= 15 is 0 Å². The first-order valence-corrected chi connectivity index (χ1v) is 8.88. The van der Waals surface area contributed by atoms with Gasteiger partial charge in [0, 0.05) is 19.0 Å². The predicted molar refractivity (Wildman–Crippen MR) is 74.6 cm³/mol. The quantitative estimate of drug-likeness (QED) is 0.760. The fraction of sp³-hybridized carbons (Fsp3) is 0.929. The fourth-order valence-corrected chi connectivity index (χ4v) is 6.56. The van der Waals surface area contributed by atoms with Crippen LogP contribution in [0.2, 0.25) is 0 Å². The monoisotopic (exact) mass is 301 g/mol. The SMILES string of the molecule is C[C@@H]1[C@H]2C[C@@H]([C@H](S(=O)(=O)N3CCOCC3)C2=O)C1(C)C. The van der Waals surface area contributed by atoms with Gasteiger partial charge in [0.05, 0.1) is 13.2 Å². The minimum atomic E-state index is -3.53. The largest absolute Gasteiger partial charge is 0.379 e. The Morgan fingerprint density at radius 1 is 1.25 bits per heavy atom. The van der Waals surface area contributed by atoms with Crippen molar-refractivity contribution in [2.45, 2.75) is 32.4 Å². The van der Waals surface area contributed by atoms with Gasteiger partial charge in [-0.1, -0.05) is 20.8 Å². The maximum absolute atomic E-state index is 12.8. The topological polar surface area (TPSA) is 63.7 Å². The van der Waals surface area contributed by atoms with E-state index in [-0.39, 0.29) is 29.0 Å². The molecule has 1 saturated heterocycles. The molecule has 1 heterocycles. The van der Waals surface area contributed by atoms with Crippen LogP contribution in [0.25, 0.3) is 0 Å². The van der Waals surface area contributed by atoms with Crippen LogP contribution in [0.15, 0.2) is 0 Å². The van der Waals surface area contributed by atoms with Crippen molar-refractivity contribution in [3.8, 4) is 0 Å². The van der Waals surface area contributed by atoms with E-state index in [1.807, 2.05) is 0 Å². The van der Waals surface area contributed by atoms with E-state index in [0.717, 1.165) is 6.42 Å². The van der Waals surface area contributed by atoms with Gasteiger partial charge in [-0.25, -0.2) is 8.42 Å². The molecule has 0 aromatic rings. The van der Waals surface area contributed by atoms with Gasteiger partial charge in [0.15, 0.2) is 5.78 Å². The number of nitrogens with zero attached hydrogens (tertiary/aromatic N) is 1. The standard InChI is InChI=1S/C14H23NO4S/c1-9-10-8-11(14(9,2)3)13(12(10)16)20(17,18)15-4-6-19-7-5-15/h9-11,13H,4-8H2,1-3H3/t9-,10-,11+,13+/m1/s1. The smallest absolute Gasteiger partial charge is 0.224 e. The lowest BCUT2D eigenvalue weighted by Gasteiger charge is -2.41. The normalized spacial score (nSPS) is 41.2. The van der Waals surface area contributed by atoms with Crippen molar-refractivity contribution in [1.82, 2.24) is 4.31 Å². The molecule has 3 aliphatic rings. The van der Waals surface area contributed by atoms with Gasteiger partial charge in [-0.3, -0.25) is 4.79 Å². The first-order chi connectivity index (χ1) is 9.28. The molecular weight excluding hydrogens is 278 g/mol. The first-order valence-electron chi connectivity index (χ1n) is 7.38. The number of Topliss-reactive ketones (excluding diaryl/α,β-unsaturated/α-hetero) is 1. The van der Waals surface area contributed by atoms with Crippen LogP contribution in [0, 0.1) is 23.2 Å². The average Bonchev–Trinajstić information content (AvgIpc) is 2.86. The molecule has 0 N–H and O–H groups in total. The highest BCUT2D eigenvalue weighted by atomic mass is 32.2. The summed E-state index contributed by atoms with van der Waals surface area (Å²) in [4.78, 5) is 12.5. The van der Waals surface area contributed by atoms with Crippen molar-refractivity contribution < 1.29 is 17.9 Å². The molecule has 4 atom stereocenters. The molecule has 20 heavy (non-hydrogen) atoms. The Balaban J connectivity index is 1.93. The van der Waals surface area contributed by atoms with Crippen LogP contribution in [0.4, 0.5) is 0 Å². The summed E-state index contributed by atoms with van der Waals surface area (Å²) >= 11 is 0. The van der Waals surface area contributed by atoms with E-state index in [1.54, 1.807) is 0 Å². The molecule has 2 saturated carbocycles. The molecule has 0 amide bonds. The maximum Gasteiger partial charge on any atom is 0.224 e. The molecule has 0 aromatic carbocycles. The zero-order chi connectivity index (χ0) is 14.7. The van der Waals surface area contributed by atoms with Gasteiger partial charge in [-0.15, -0.1) is 0 Å². The number of carbonyl (C=O) groups is 1. The number of sulfonamides is 1. The minimum absolute atomic E-state index is 0.0390. The summed E-state index contributed by atoms with van der Waals surface area (Å²) in [5.41, 5.74) is -0.0808. The third-order valence-electron chi connectivity index (χ3n) is 5.90. The van der Waals surface area contributed by atoms with Gasteiger partial charge in [0.2, 0.25) is 10.0 Å². The molecule has 0 aromatic heterocycles. The Kier molecular flexibility index (Phi) is 3.27. The van der Waals surface area contributed by atoms with E-state index < -0.39 is 15.3 Å². The Bertz CT molecular complexity index is 521. The summed E-state index contributed by atoms with van der Waals surface area (Å²) in [5.74, 6) is 0.114. The molecule has 114 valence electrons. The Morgan fingerprint density at radius 2 is 1.85 bits per heavy atom. The molecule has 3 rings (SSSR count). The lowest BCUT2D eigenvalue weighted by molar-refractivity contribution is -0.125. The second-order valence-electron chi connectivity index (χ2n) is 6.94. The molecule has 0 unspecified atom stereocenters. The second-order valence-corrected chi connectivity index (χ2v) is 8.99. The predicted octanol–water partition coefficient (Wildman–Crippen LogP) is 0.898. The highest BCUT2D eigenvalue weighted by molar-refractivity contribution is 7.90. The molecule has 3 fully saturated rings. The molecule has 0 spiro atoms. The number of ketones is 1. The summed E-state index contributed by atoms with van der Waals surface area (Å²) in [6.07, 6.45) is 0.737. The van der Waals surface area contributed by atoms with Crippen LogP contribution in [0.3, 0.4) is 0 Å². The van der Waals surface area contributed by atoms with Crippen LogP contribution in [0.5, 0.6) is 0 Å². The van der Waals surface area contributed by atoms with Crippen molar-refractivity contribution in [3.05, 3.63) is 0 Å². The van der Waals surface area contributed by atoms with Crippen LogP contribution >= 0.6 is 0 Å². The van der Waals surface area contributed by atoms with Crippen LogP contribution in [0.1, 0.15) is 27.2 Å². The van der Waals surface area contributed by atoms with Crippen LogP contribution in [-0.4, -0.2) is 50.1 Å². The van der Waals surface area contributed by atoms with Gasteiger partial charge in [-0.2, -0.15) is 4.31 Å². The molecule has 6 heteroatoms. The van der Waals surface area contributed by atoms with Crippen molar-refractivity contribution in [2.24, 2.45) is 23.2 Å². The summed E-state index contributed by atoms with van der Waals surface area (Å²) in [5, 5.41) is -0.822. The van der Waals surface area contributed by atoms with E-state index in [2.05, 4.69) is 20.8 Å². The average molecular weight is 301 g/mol. The first kappa shape index (κ1) is 14.5. The number of hydrogen-bond donors (Lipinski definition) is 0. The number of carbonyl (C=O) groups excluding carboxylic acids is 1. The van der Waals surface area contributed by atoms with Crippen molar-refractivity contribution in [1.29, 1.82) is 0 Å². The molecule has 2 aliphatic carbocycles. The Morgan fingerprint density at radius 3 is 2.40 bits per heavy atom. The summed E-state index contributed by atoms with van der Waals surface area (Å²) in [6, 6.07) is 0. The summed E-state index contributed by atoms with van der Waals surface area (Å²) < 4.78 is 32.3. The summed E-state index contributed by atoms with van der Waals surface area (Å²) in [6.45, 7) is 7.90. The molecule has 5 nitrogen and oxygen atoms in total. The Labute approximate surface area is 120 Å². The van der Waals surface area contributed by atoms with Gasteiger partial charge in [-0.05, 0) is 23.7 Å². The van der Waals surface area contributed by atoms with E-state index in [9.17, 15) is 13.2 Å². The molecule has 2 bridgehead atoms. The van der Waals surface area contributed by atoms with Crippen LogP contribution < -0.4 is 0 Å². The van der Waals surface area contributed by atoms with Gasteiger partial charge in [0.1, 0.15) is 5.25 Å². The van der Waals surface area contributed by atoms with E-state index in [0.29, 0.717) is 26.3 Å². The van der Waals surface area contributed by atoms with Crippen molar-refractivity contribution in [2.75, 3.05) is 26.3 Å². The fourth-order valence-electron chi connectivity index (χ4n) is 4.24. The molecule has 0 radical (unpaired) electrons. The molecular formula is C14H23NO4S. The van der Waals surface area contributed by atoms with Crippen molar-refractivity contribution in [3.63, 3.8) is 0 Å². The van der Waals surface area contributed by atoms with Gasteiger partial charge in [0.25, 0.3) is 0 Å². The van der Waals surface area contributed by atoms with E-state index in [1.165, 1.54) is 4.31 Å². The molecule has 1 aliphatic heterocycles. The third kappa shape index (κ3) is 1.81. The minimum Gasteiger partial charge on any atom is -0.379 e. The number of fused-ring (bicyclic) bond motifs is 2. The van der Waals surface area contributed by atoms with Crippen LogP contribution in [-0.2, 0) is 19.6 Å². The lowest BCUT2D eigenvalue weighted by atomic mass is 9.69. The zero-order valence-electron chi connectivity index (χ0n) is 12.3. The Hall–Kier alpha value is -0.460. The van der Waals surface area contributed by atoms with Crippen molar-refractivity contribution >= 4 is 15.8 Å². The zero-order valence-corrected chi connectivity index (χ0v) is 13.1.